The van der Waals surface area contributed by atoms with Crippen molar-refractivity contribution in [2.45, 2.75) is 16.6 Å². The molecule has 11 heteroatoms. The van der Waals surface area contributed by atoms with Crippen molar-refractivity contribution in [3.8, 4) is 17.1 Å². The van der Waals surface area contributed by atoms with Crippen LogP contribution in [-0.2, 0) is 21.4 Å². The maximum absolute atomic E-state index is 12.7. The monoisotopic (exact) mass is 487 g/mol. The molecule has 0 aliphatic heterocycles. The van der Waals surface area contributed by atoms with Crippen molar-refractivity contribution in [2.75, 3.05) is 32.3 Å². The number of methoxy groups -OCH3 is 1. The van der Waals surface area contributed by atoms with E-state index in [1.165, 1.54) is 51.2 Å². The minimum atomic E-state index is -3.66. The fourth-order valence-electron chi connectivity index (χ4n) is 2.96. The molecule has 0 atom stereocenters. The van der Waals surface area contributed by atoms with Crippen LogP contribution in [-0.4, -0.2) is 60.4 Å². The molecule has 1 amide bonds. The first-order valence-electron chi connectivity index (χ1n) is 9.90. The Kier molecular flexibility index (Phi) is 7.90. The highest BCUT2D eigenvalue weighted by molar-refractivity contribution is 7.99. The van der Waals surface area contributed by atoms with Crippen LogP contribution < -0.4 is 10.1 Å². The van der Waals surface area contributed by atoms with Crippen molar-refractivity contribution >= 4 is 33.4 Å². The minimum absolute atomic E-state index is 0.0396. The third kappa shape index (κ3) is 5.62. The lowest BCUT2D eigenvalue weighted by Crippen LogP contribution is -2.22. The van der Waals surface area contributed by atoms with Crippen molar-refractivity contribution in [3.05, 3.63) is 61.2 Å². The molecule has 0 saturated carbocycles. The average molecular weight is 488 g/mol. The summed E-state index contributed by atoms with van der Waals surface area (Å²) < 4.78 is 33.1. The largest absolute Gasteiger partial charge is 0.495 e. The maximum Gasteiger partial charge on any atom is 0.242 e. The van der Waals surface area contributed by atoms with E-state index in [0.717, 1.165) is 9.87 Å². The number of hydrogen-bond donors (Lipinski definition) is 1. The Hall–Kier alpha value is -3.15. The zero-order chi connectivity index (χ0) is 24.0. The van der Waals surface area contributed by atoms with Crippen LogP contribution in [0, 0.1) is 0 Å². The molecule has 2 aromatic carbocycles. The molecule has 33 heavy (non-hydrogen) atoms. The van der Waals surface area contributed by atoms with Gasteiger partial charge in [-0.2, -0.15) is 0 Å². The molecule has 3 rings (SSSR count). The van der Waals surface area contributed by atoms with E-state index < -0.39 is 10.0 Å². The zero-order valence-electron chi connectivity index (χ0n) is 18.6. The van der Waals surface area contributed by atoms with Gasteiger partial charge in [-0.1, -0.05) is 48.2 Å². The second kappa shape index (κ2) is 10.6. The third-order valence-electron chi connectivity index (χ3n) is 4.62. The summed E-state index contributed by atoms with van der Waals surface area (Å²) in [6.07, 6.45) is 1.74. The van der Waals surface area contributed by atoms with Gasteiger partial charge < -0.3 is 10.1 Å². The first-order chi connectivity index (χ1) is 15.8. The Morgan fingerprint density at radius 2 is 1.94 bits per heavy atom. The molecule has 3 aromatic rings. The van der Waals surface area contributed by atoms with E-state index in [1.54, 1.807) is 6.08 Å². The number of anilines is 1. The number of amides is 1. The normalized spacial score (nSPS) is 11.4. The number of nitrogens with zero attached hydrogens (tertiary/aromatic N) is 4. The number of benzene rings is 2. The van der Waals surface area contributed by atoms with Crippen molar-refractivity contribution in [1.82, 2.24) is 19.1 Å². The lowest BCUT2D eigenvalue weighted by Gasteiger charge is -2.15. The molecule has 0 bridgehead atoms. The number of hydrogen-bond acceptors (Lipinski definition) is 7. The number of sulfonamides is 1. The minimum Gasteiger partial charge on any atom is -0.495 e. The summed E-state index contributed by atoms with van der Waals surface area (Å²) in [6.45, 7) is 4.28. The van der Waals surface area contributed by atoms with Gasteiger partial charge in [0.25, 0.3) is 0 Å². The van der Waals surface area contributed by atoms with Crippen molar-refractivity contribution < 1.29 is 17.9 Å². The number of aromatic nitrogens is 3. The molecular formula is C22H25N5O4S2. The molecule has 1 heterocycles. The van der Waals surface area contributed by atoms with E-state index in [2.05, 4.69) is 22.1 Å². The van der Waals surface area contributed by atoms with Gasteiger partial charge in [-0.15, -0.1) is 16.8 Å². The van der Waals surface area contributed by atoms with Gasteiger partial charge in [-0.25, -0.2) is 12.7 Å². The summed E-state index contributed by atoms with van der Waals surface area (Å²) in [5.74, 6) is 0.735. The molecule has 0 fully saturated rings. The molecular weight excluding hydrogens is 462 g/mol. The summed E-state index contributed by atoms with van der Waals surface area (Å²) >= 11 is 1.22. The second-order valence-electron chi connectivity index (χ2n) is 7.06. The van der Waals surface area contributed by atoms with Gasteiger partial charge in [0.15, 0.2) is 11.0 Å². The topological polar surface area (TPSA) is 106 Å². The van der Waals surface area contributed by atoms with Gasteiger partial charge in [0.1, 0.15) is 5.75 Å². The van der Waals surface area contributed by atoms with E-state index in [4.69, 9.17) is 4.74 Å². The lowest BCUT2D eigenvalue weighted by molar-refractivity contribution is -0.113. The van der Waals surface area contributed by atoms with Crippen LogP contribution in [0.3, 0.4) is 0 Å². The van der Waals surface area contributed by atoms with Crippen LogP contribution in [0.4, 0.5) is 5.69 Å². The Bertz CT molecular complexity index is 1240. The molecule has 0 unspecified atom stereocenters. The molecule has 0 radical (unpaired) electrons. The highest BCUT2D eigenvalue weighted by Crippen LogP contribution is 2.29. The number of thioether (sulfide) groups is 1. The summed E-state index contributed by atoms with van der Waals surface area (Å²) in [7, 11) is 0.670. The van der Waals surface area contributed by atoms with Gasteiger partial charge in [-0.05, 0) is 18.2 Å². The molecule has 9 nitrogen and oxygen atoms in total. The van der Waals surface area contributed by atoms with Crippen molar-refractivity contribution in [3.63, 3.8) is 0 Å². The predicted molar refractivity (Wildman–Crippen MR) is 129 cm³/mol. The molecule has 0 aliphatic rings. The van der Waals surface area contributed by atoms with Crippen LogP contribution >= 0.6 is 11.8 Å². The van der Waals surface area contributed by atoms with Gasteiger partial charge in [0.2, 0.25) is 15.9 Å². The molecule has 174 valence electrons. The smallest absolute Gasteiger partial charge is 0.242 e. The summed E-state index contributed by atoms with van der Waals surface area (Å²) in [4.78, 5) is 12.7. The standard InChI is InChI=1S/C22H25N5O4S2/c1-5-13-27-21(16-9-7-6-8-10-16)24-25-22(27)32-15-20(28)23-18-14-17(11-12-19(18)31-4)33(29,30)26(2)3/h5-12,14H,1,13,15H2,2-4H3,(H,23,28). The Morgan fingerprint density at radius 1 is 1.21 bits per heavy atom. The van der Waals surface area contributed by atoms with Gasteiger partial charge in [0, 0.05) is 26.2 Å². The van der Waals surface area contributed by atoms with Crippen LogP contribution in [0.2, 0.25) is 0 Å². The number of carbonyl (C=O) groups excluding carboxylic acids is 1. The Labute approximate surface area is 197 Å². The van der Waals surface area contributed by atoms with Crippen LogP contribution in [0.1, 0.15) is 0 Å². The number of allylic oxidation sites excluding steroid dienone is 1. The lowest BCUT2D eigenvalue weighted by atomic mass is 10.2. The molecule has 1 aromatic heterocycles. The van der Waals surface area contributed by atoms with Gasteiger partial charge >= 0.3 is 0 Å². The average Bonchev–Trinajstić information content (AvgIpc) is 3.21. The SMILES string of the molecule is C=CCn1c(SCC(=O)Nc2cc(S(=O)(=O)N(C)C)ccc2OC)nnc1-c1ccccc1. The van der Waals surface area contributed by atoms with E-state index in [-0.39, 0.29) is 22.2 Å². The first-order valence-corrected chi connectivity index (χ1v) is 12.3. The first kappa shape index (κ1) is 24.5. The number of carbonyl (C=O) groups is 1. The zero-order valence-corrected chi connectivity index (χ0v) is 20.2. The van der Waals surface area contributed by atoms with Gasteiger partial charge in [-0.3, -0.25) is 9.36 Å². The number of rotatable bonds is 10. The van der Waals surface area contributed by atoms with Crippen LogP contribution in [0.25, 0.3) is 11.4 Å². The van der Waals surface area contributed by atoms with Crippen molar-refractivity contribution in [2.24, 2.45) is 0 Å². The maximum atomic E-state index is 12.7. The quantitative estimate of drug-likeness (QED) is 0.346. The Balaban J connectivity index is 1.77. The second-order valence-corrected chi connectivity index (χ2v) is 10.2. The number of ether oxygens (including phenoxy) is 1. The van der Waals surface area contributed by atoms with E-state index >= 15 is 0 Å². The third-order valence-corrected chi connectivity index (χ3v) is 7.39. The molecule has 1 N–H and O–H groups in total. The predicted octanol–water partition coefficient (Wildman–Crippen LogP) is 3.12. The fourth-order valence-corrected chi connectivity index (χ4v) is 4.64. The summed E-state index contributed by atoms with van der Waals surface area (Å²) in [5.41, 5.74) is 1.18. The van der Waals surface area contributed by atoms with Gasteiger partial charge in [0.05, 0.1) is 23.4 Å². The van der Waals surface area contributed by atoms with E-state index in [0.29, 0.717) is 23.3 Å². The van der Waals surface area contributed by atoms with Crippen LogP contribution in [0.15, 0.2) is 71.2 Å². The summed E-state index contributed by atoms with van der Waals surface area (Å²) in [6, 6.07) is 13.9. The van der Waals surface area contributed by atoms with Crippen molar-refractivity contribution in [1.29, 1.82) is 0 Å². The fraction of sp³-hybridized carbons (Fsp3) is 0.227. The molecule has 0 aliphatic carbocycles. The molecule has 0 spiro atoms. The highest BCUT2D eigenvalue weighted by Gasteiger charge is 2.20. The number of nitrogens with one attached hydrogen (secondary N) is 1. The molecule has 0 saturated heterocycles. The van der Waals surface area contributed by atoms with E-state index in [1.807, 2.05) is 34.9 Å². The summed E-state index contributed by atoms with van der Waals surface area (Å²) in [5, 5.41) is 11.8. The van der Waals surface area contributed by atoms with E-state index in [9.17, 15) is 13.2 Å². The Morgan fingerprint density at radius 3 is 2.58 bits per heavy atom. The van der Waals surface area contributed by atoms with Crippen LogP contribution in [0.5, 0.6) is 5.75 Å². The highest BCUT2D eigenvalue weighted by atomic mass is 32.2.